The number of ether oxygens (including phenoxy) is 1. The molecule has 0 saturated heterocycles. The van der Waals surface area contributed by atoms with Gasteiger partial charge in [-0.25, -0.2) is 0 Å². The topological polar surface area (TPSA) is 81.9 Å². The lowest BCUT2D eigenvalue weighted by molar-refractivity contribution is -0.120. The van der Waals surface area contributed by atoms with E-state index < -0.39 is 0 Å². The van der Waals surface area contributed by atoms with Crippen LogP contribution in [0.25, 0.3) is 0 Å². The molecule has 0 fully saturated rings. The Balaban J connectivity index is 2.36. The number of hydrogen-bond donors (Lipinski definition) is 1. The molecule has 1 amide bonds. The number of nitrogens with zero attached hydrogens (tertiary/aromatic N) is 4. The maximum atomic E-state index is 11.0. The lowest BCUT2D eigenvalue weighted by atomic mass is 10.6. The molecular formula is C6H11N5O2. The molecule has 0 radical (unpaired) electrons. The third-order valence-electron chi connectivity index (χ3n) is 1.20. The summed E-state index contributed by atoms with van der Waals surface area (Å²) in [5, 5.41) is 13.3. The lowest BCUT2D eigenvalue weighted by Gasteiger charge is -1.99. The molecule has 72 valence electrons. The van der Waals surface area contributed by atoms with E-state index in [1.165, 1.54) is 4.80 Å². The fourth-order valence-corrected chi connectivity index (χ4v) is 0.690. The number of carbonyl (C=O) groups is 1. The summed E-state index contributed by atoms with van der Waals surface area (Å²) >= 11 is 0. The van der Waals surface area contributed by atoms with Crippen molar-refractivity contribution in [2.45, 2.75) is 6.92 Å². The predicted molar refractivity (Wildman–Crippen MR) is 43.9 cm³/mol. The van der Waals surface area contributed by atoms with Crippen LogP contribution in [0.4, 0.5) is 5.95 Å². The van der Waals surface area contributed by atoms with Crippen LogP contribution in [0.3, 0.4) is 0 Å². The first kappa shape index (κ1) is 9.59. The van der Waals surface area contributed by atoms with Crippen LogP contribution in [0, 0.1) is 0 Å². The number of amides is 1. The second-order valence-corrected chi connectivity index (χ2v) is 2.29. The maximum absolute atomic E-state index is 11.0. The quantitative estimate of drug-likeness (QED) is 0.663. The van der Waals surface area contributed by atoms with Crippen LogP contribution >= 0.6 is 0 Å². The minimum Gasteiger partial charge on any atom is -0.372 e. The summed E-state index contributed by atoms with van der Waals surface area (Å²) in [6, 6.07) is 0. The largest absolute Gasteiger partial charge is 0.372 e. The average molecular weight is 185 g/mol. The van der Waals surface area contributed by atoms with Crippen LogP contribution < -0.4 is 5.32 Å². The minimum absolute atomic E-state index is 0.00868. The van der Waals surface area contributed by atoms with Crippen molar-refractivity contribution in [2.24, 2.45) is 7.05 Å². The number of rotatable bonds is 4. The molecule has 0 bridgehead atoms. The highest BCUT2D eigenvalue weighted by molar-refractivity contribution is 5.89. The van der Waals surface area contributed by atoms with Crippen molar-refractivity contribution in [1.29, 1.82) is 0 Å². The van der Waals surface area contributed by atoms with E-state index in [9.17, 15) is 4.79 Å². The van der Waals surface area contributed by atoms with E-state index in [2.05, 4.69) is 20.7 Å². The van der Waals surface area contributed by atoms with Gasteiger partial charge in [0, 0.05) is 6.61 Å². The number of carbonyl (C=O) groups excluding carboxylic acids is 1. The Bertz CT molecular complexity index is 284. The Kier molecular flexibility index (Phi) is 3.32. The van der Waals surface area contributed by atoms with E-state index in [1.807, 2.05) is 6.92 Å². The normalized spacial score (nSPS) is 10.0. The highest BCUT2D eigenvalue weighted by atomic mass is 16.5. The Morgan fingerprint density at radius 2 is 2.46 bits per heavy atom. The molecule has 1 rings (SSSR count). The van der Waals surface area contributed by atoms with Gasteiger partial charge in [0.2, 0.25) is 0 Å². The van der Waals surface area contributed by atoms with Crippen LogP contribution in [0.1, 0.15) is 6.92 Å². The zero-order valence-corrected chi connectivity index (χ0v) is 7.52. The van der Waals surface area contributed by atoms with Gasteiger partial charge in [-0.15, -0.1) is 5.10 Å². The van der Waals surface area contributed by atoms with Gasteiger partial charge in [0.1, 0.15) is 6.61 Å². The number of anilines is 1. The predicted octanol–water partition coefficient (Wildman–Crippen LogP) is -0.815. The molecule has 0 spiro atoms. The summed E-state index contributed by atoms with van der Waals surface area (Å²) < 4.78 is 4.88. The molecule has 1 heterocycles. The van der Waals surface area contributed by atoms with Crippen molar-refractivity contribution in [3.8, 4) is 0 Å². The number of nitrogens with one attached hydrogen (secondary N) is 1. The van der Waals surface area contributed by atoms with Gasteiger partial charge < -0.3 is 4.74 Å². The van der Waals surface area contributed by atoms with Gasteiger partial charge in [0.15, 0.2) is 0 Å². The summed E-state index contributed by atoms with van der Waals surface area (Å²) in [6.07, 6.45) is 0. The summed E-state index contributed by atoms with van der Waals surface area (Å²) in [5.74, 6) is -0.0953. The highest BCUT2D eigenvalue weighted by Crippen LogP contribution is 1.91. The van der Waals surface area contributed by atoms with Gasteiger partial charge >= 0.3 is 0 Å². The van der Waals surface area contributed by atoms with E-state index in [1.54, 1.807) is 7.05 Å². The first-order valence-electron chi connectivity index (χ1n) is 3.84. The Morgan fingerprint density at radius 3 is 3.00 bits per heavy atom. The van der Waals surface area contributed by atoms with Crippen molar-refractivity contribution in [2.75, 3.05) is 18.5 Å². The van der Waals surface area contributed by atoms with E-state index >= 15 is 0 Å². The van der Waals surface area contributed by atoms with E-state index in [4.69, 9.17) is 4.74 Å². The van der Waals surface area contributed by atoms with Gasteiger partial charge in [-0.1, -0.05) is 5.10 Å². The van der Waals surface area contributed by atoms with Crippen LogP contribution in [0.15, 0.2) is 0 Å². The summed E-state index contributed by atoms with van der Waals surface area (Å²) in [5.41, 5.74) is 0. The van der Waals surface area contributed by atoms with Crippen molar-refractivity contribution in [1.82, 2.24) is 20.2 Å². The monoisotopic (exact) mass is 185 g/mol. The zero-order chi connectivity index (χ0) is 9.68. The van der Waals surface area contributed by atoms with E-state index in [-0.39, 0.29) is 18.5 Å². The van der Waals surface area contributed by atoms with Crippen molar-refractivity contribution < 1.29 is 9.53 Å². The smallest absolute Gasteiger partial charge is 0.270 e. The molecule has 1 aromatic rings. The molecule has 0 aliphatic heterocycles. The van der Waals surface area contributed by atoms with Gasteiger partial charge in [-0.2, -0.15) is 4.80 Å². The average Bonchev–Trinajstić information content (AvgIpc) is 2.48. The van der Waals surface area contributed by atoms with Crippen LogP contribution in [-0.4, -0.2) is 39.3 Å². The molecule has 13 heavy (non-hydrogen) atoms. The van der Waals surface area contributed by atoms with Crippen molar-refractivity contribution >= 4 is 11.9 Å². The van der Waals surface area contributed by atoms with Crippen molar-refractivity contribution in [3.63, 3.8) is 0 Å². The third kappa shape index (κ3) is 3.16. The SMILES string of the molecule is CCOCC(=O)Nc1nnn(C)n1. The van der Waals surface area contributed by atoms with E-state index in [0.717, 1.165) is 0 Å². The number of aryl methyl sites for hydroxylation is 1. The number of hydrogen-bond acceptors (Lipinski definition) is 5. The molecule has 0 aliphatic carbocycles. The molecule has 1 N–H and O–H groups in total. The van der Waals surface area contributed by atoms with Crippen LogP contribution in [-0.2, 0) is 16.6 Å². The molecule has 0 aliphatic rings. The Labute approximate surface area is 75.1 Å². The highest BCUT2D eigenvalue weighted by Gasteiger charge is 2.05. The summed E-state index contributed by atoms with van der Waals surface area (Å²) in [4.78, 5) is 12.3. The first-order chi connectivity index (χ1) is 6.22. The van der Waals surface area contributed by atoms with Crippen LogP contribution in [0.2, 0.25) is 0 Å². The van der Waals surface area contributed by atoms with E-state index in [0.29, 0.717) is 6.61 Å². The second-order valence-electron chi connectivity index (χ2n) is 2.29. The first-order valence-corrected chi connectivity index (χ1v) is 3.84. The fraction of sp³-hybridized carbons (Fsp3) is 0.667. The van der Waals surface area contributed by atoms with Crippen LogP contribution in [0.5, 0.6) is 0 Å². The van der Waals surface area contributed by atoms with Crippen molar-refractivity contribution in [3.05, 3.63) is 0 Å². The Morgan fingerprint density at radius 1 is 1.69 bits per heavy atom. The number of aromatic nitrogens is 4. The molecule has 7 nitrogen and oxygen atoms in total. The summed E-state index contributed by atoms with van der Waals surface area (Å²) in [6.45, 7) is 2.32. The van der Waals surface area contributed by atoms with Gasteiger partial charge in [-0.3, -0.25) is 10.1 Å². The van der Waals surface area contributed by atoms with Gasteiger partial charge in [0.05, 0.1) is 7.05 Å². The lowest BCUT2D eigenvalue weighted by Crippen LogP contribution is -2.19. The zero-order valence-electron chi connectivity index (χ0n) is 7.52. The molecule has 0 saturated carbocycles. The third-order valence-corrected chi connectivity index (χ3v) is 1.20. The minimum atomic E-state index is -0.283. The molecule has 0 aromatic carbocycles. The molecule has 7 heteroatoms. The second kappa shape index (κ2) is 4.51. The molecular weight excluding hydrogens is 174 g/mol. The van der Waals surface area contributed by atoms with Gasteiger partial charge in [0.25, 0.3) is 11.9 Å². The van der Waals surface area contributed by atoms with Gasteiger partial charge in [-0.05, 0) is 12.1 Å². The Hall–Kier alpha value is -1.50. The summed E-state index contributed by atoms with van der Waals surface area (Å²) in [7, 11) is 1.62. The molecule has 0 atom stereocenters. The molecule has 0 unspecified atom stereocenters. The maximum Gasteiger partial charge on any atom is 0.270 e. The molecule has 1 aromatic heterocycles. The standard InChI is InChI=1S/C6H11N5O2/c1-3-13-4-5(12)7-6-8-10-11(2)9-6/h3-4H2,1-2H3,(H,7,9,12). The fourth-order valence-electron chi connectivity index (χ4n) is 0.690. The number of tetrazole rings is 1.